The van der Waals surface area contributed by atoms with Gasteiger partial charge in [-0.15, -0.1) is 0 Å². The van der Waals surface area contributed by atoms with Crippen LogP contribution in [0.15, 0.2) is 85.7 Å². The monoisotopic (exact) mass is 428 g/mol. The fourth-order valence-corrected chi connectivity index (χ4v) is 3.47. The Morgan fingerprint density at radius 1 is 0.935 bits per heavy atom. The third-order valence-electron chi connectivity index (χ3n) is 4.99. The molecule has 0 aliphatic rings. The number of halogens is 1. The number of nitrogens with zero attached hydrogens (tertiary/aromatic N) is 5. The smallest absolute Gasteiger partial charge is 0.251 e. The van der Waals surface area contributed by atoms with E-state index in [0.717, 1.165) is 28.0 Å². The Balaban J connectivity index is 1.32. The minimum atomic E-state index is -0.147. The minimum absolute atomic E-state index is 0.147. The Labute approximate surface area is 182 Å². The molecule has 0 saturated heterocycles. The predicted molar refractivity (Wildman–Crippen MR) is 119 cm³/mol. The lowest BCUT2D eigenvalue weighted by Crippen LogP contribution is -2.22. The van der Waals surface area contributed by atoms with E-state index in [2.05, 4.69) is 20.4 Å². The van der Waals surface area contributed by atoms with Crippen molar-refractivity contribution in [2.45, 2.75) is 6.54 Å². The number of hydrogen-bond donors (Lipinski definition) is 1. The van der Waals surface area contributed by atoms with Gasteiger partial charge in [-0.1, -0.05) is 23.7 Å². The van der Waals surface area contributed by atoms with Crippen molar-refractivity contribution in [3.63, 3.8) is 0 Å². The van der Waals surface area contributed by atoms with Crippen LogP contribution in [0.1, 0.15) is 15.9 Å². The average Bonchev–Trinajstić information content (AvgIpc) is 3.48. The molecule has 8 heteroatoms. The van der Waals surface area contributed by atoms with E-state index in [4.69, 9.17) is 11.6 Å². The molecule has 0 atom stereocenters. The molecule has 0 aliphatic heterocycles. The molecule has 1 N–H and O–H groups in total. The van der Waals surface area contributed by atoms with Gasteiger partial charge in [-0.2, -0.15) is 5.10 Å². The van der Waals surface area contributed by atoms with Crippen LogP contribution in [0.25, 0.3) is 22.4 Å². The fourth-order valence-electron chi connectivity index (χ4n) is 3.35. The number of nitrogens with one attached hydrogen (secondary N) is 1. The summed E-state index contributed by atoms with van der Waals surface area (Å²) in [5.41, 5.74) is 5.07. The summed E-state index contributed by atoms with van der Waals surface area (Å²) >= 11 is 5.99. The highest BCUT2D eigenvalue weighted by molar-refractivity contribution is 6.30. The Bertz CT molecular complexity index is 1340. The summed E-state index contributed by atoms with van der Waals surface area (Å²) in [7, 11) is 0. The number of hydrogen-bond acceptors (Lipinski definition) is 4. The van der Waals surface area contributed by atoms with E-state index in [1.165, 1.54) is 6.33 Å². The van der Waals surface area contributed by atoms with Crippen molar-refractivity contribution in [1.82, 2.24) is 29.6 Å². The van der Waals surface area contributed by atoms with Crippen LogP contribution in [0, 0.1) is 0 Å². The van der Waals surface area contributed by atoms with Crippen LogP contribution in [0.3, 0.4) is 0 Å². The van der Waals surface area contributed by atoms with E-state index in [0.29, 0.717) is 17.1 Å². The Morgan fingerprint density at radius 3 is 2.45 bits per heavy atom. The molecule has 31 heavy (non-hydrogen) atoms. The zero-order chi connectivity index (χ0) is 21.2. The van der Waals surface area contributed by atoms with Gasteiger partial charge in [-0.25, -0.2) is 14.6 Å². The first-order valence-corrected chi connectivity index (χ1v) is 10.0. The van der Waals surface area contributed by atoms with Gasteiger partial charge in [-0.3, -0.25) is 9.36 Å². The molecule has 2 aromatic heterocycles. The molecule has 0 spiro atoms. The molecule has 5 rings (SSSR count). The summed E-state index contributed by atoms with van der Waals surface area (Å²) < 4.78 is 3.62. The lowest BCUT2D eigenvalue weighted by atomic mass is 10.1. The number of aromatic nitrogens is 5. The molecule has 3 aromatic carbocycles. The van der Waals surface area contributed by atoms with Gasteiger partial charge in [-0.05, 0) is 60.2 Å². The molecule has 152 valence electrons. The number of imidazole rings is 1. The van der Waals surface area contributed by atoms with Gasteiger partial charge < -0.3 is 5.32 Å². The molecule has 7 nitrogen and oxygen atoms in total. The van der Waals surface area contributed by atoms with Gasteiger partial charge in [0.15, 0.2) is 0 Å². The molecule has 0 saturated carbocycles. The number of amides is 1. The maximum absolute atomic E-state index is 12.7. The third-order valence-corrected chi connectivity index (χ3v) is 5.24. The van der Waals surface area contributed by atoms with Gasteiger partial charge in [0.1, 0.15) is 19.0 Å². The number of fused-ring (bicyclic) bond motifs is 1. The van der Waals surface area contributed by atoms with Crippen LogP contribution in [0.4, 0.5) is 0 Å². The molecule has 0 bridgehead atoms. The van der Waals surface area contributed by atoms with E-state index in [1.807, 2.05) is 65.2 Å². The average molecular weight is 429 g/mol. The first-order valence-electron chi connectivity index (χ1n) is 9.62. The van der Waals surface area contributed by atoms with Gasteiger partial charge in [0.25, 0.3) is 5.91 Å². The van der Waals surface area contributed by atoms with Crippen LogP contribution in [0.5, 0.6) is 0 Å². The van der Waals surface area contributed by atoms with Gasteiger partial charge in [0, 0.05) is 22.8 Å². The summed E-state index contributed by atoms with van der Waals surface area (Å²) in [5.74, 6) is -0.147. The number of rotatable bonds is 5. The highest BCUT2D eigenvalue weighted by atomic mass is 35.5. The topological polar surface area (TPSA) is 77.6 Å². The fraction of sp³-hybridized carbons (Fsp3) is 0.0435. The standard InChI is InChI=1S/C23H17ClN6O/c24-18-4-8-19(9-5-18)29-15-27-21-10-3-17(11-22(21)29)23(31)26-12-16-1-6-20(7-2-16)30-14-25-13-28-30/h1-11,13-15H,12H2,(H,26,31). The molecule has 2 heterocycles. The molecular formula is C23H17ClN6O. The van der Waals surface area contributed by atoms with Crippen molar-refractivity contribution in [1.29, 1.82) is 0 Å². The second-order valence-electron chi connectivity index (χ2n) is 6.98. The molecule has 1 amide bonds. The molecule has 0 fully saturated rings. The van der Waals surface area contributed by atoms with Crippen LogP contribution in [0.2, 0.25) is 5.02 Å². The largest absolute Gasteiger partial charge is 0.348 e. The second kappa shape index (κ2) is 8.04. The van der Waals surface area contributed by atoms with Crippen molar-refractivity contribution >= 4 is 28.5 Å². The van der Waals surface area contributed by atoms with Crippen molar-refractivity contribution in [3.05, 3.63) is 102 Å². The lowest BCUT2D eigenvalue weighted by Gasteiger charge is -2.08. The summed E-state index contributed by atoms with van der Waals surface area (Å²) in [6, 6.07) is 20.7. The number of carbonyl (C=O) groups excluding carboxylic acids is 1. The highest BCUT2D eigenvalue weighted by Gasteiger charge is 2.11. The van der Waals surface area contributed by atoms with Gasteiger partial charge in [0.2, 0.25) is 0 Å². The van der Waals surface area contributed by atoms with Crippen molar-refractivity contribution in [2.75, 3.05) is 0 Å². The van der Waals surface area contributed by atoms with E-state index in [1.54, 1.807) is 23.4 Å². The van der Waals surface area contributed by atoms with Crippen LogP contribution in [-0.4, -0.2) is 30.2 Å². The first kappa shape index (κ1) is 19.0. The zero-order valence-electron chi connectivity index (χ0n) is 16.3. The van der Waals surface area contributed by atoms with E-state index >= 15 is 0 Å². The Morgan fingerprint density at radius 2 is 1.71 bits per heavy atom. The minimum Gasteiger partial charge on any atom is -0.348 e. The van der Waals surface area contributed by atoms with E-state index in [-0.39, 0.29) is 5.91 Å². The molecule has 0 aliphatic carbocycles. The van der Waals surface area contributed by atoms with Crippen LogP contribution >= 0.6 is 11.6 Å². The van der Waals surface area contributed by atoms with Crippen LogP contribution in [-0.2, 0) is 6.54 Å². The predicted octanol–water partition coefficient (Wildman–Crippen LogP) is 4.19. The van der Waals surface area contributed by atoms with Gasteiger partial charge in [0.05, 0.1) is 16.7 Å². The summed E-state index contributed by atoms with van der Waals surface area (Å²) in [6.07, 6.45) is 4.87. The first-order chi connectivity index (χ1) is 15.2. The van der Waals surface area contributed by atoms with Crippen molar-refractivity contribution < 1.29 is 4.79 Å². The SMILES string of the molecule is O=C(NCc1ccc(-n2cncn2)cc1)c1ccc2ncn(-c3ccc(Cl)cc3)c2c1. The highest BCUT2D eigenvalue weighted by Crippen LogP contribution is 2.21. The summed E-state index contributed by atoms with van der Waals surface area (Å²) in [4.78, 5) is 21.1. The zero-order valence-corrected chi connectivity index (χ0v) is 17.1. The lowest BCUT2D eigenvalue weighted by molar-refractivity contribution is 0.0951. The van der Waals surface area contributed by atoms with Crippen molar-refractivity contribution in [3.8, 4) is 11.4 Å². The second-order valence-corrected chi connectivity index (χ2v) is 7.42. The Kier molecular flexibility index (Phi) is 4.93. The van der Waals surface area contributed by atoms with Crippen LogP contribution < -0.4 is 5.32 Å². The quantitative estimate of drug-likeness (QED) is 0.455. The third kappa shape index (κ3) is 3.91. The van der Waals surface area contributed by atoms with E-state index in [9.17, 15) is 4.79 Å². The maximum Gasteiger partial charge on any atom is 0.251 e. The number of carbonyl (C=O) groups is 1. The molecule has 5 aromatic rings. The molecule has 0 radical (unpaired) electrons. The molecule has 0 unspecified atom stereocenters. The summed E-state index contributed by atoms with van der Waals surface area (Å²) in [6.45, 7) is 0.422. The maximum atomic E-state index is 12.7. The van der Waals surface area contributed by atoms with Gasteiger partial charge >= 0.3 is 0 Å². The van der Waals surface area contributed by atoms with E-state index < -0.39 is 0 Å². The number of benzene rings is 3. The molecular weight excluding hydrogens is 412 g/mol. The normalized spacial score (nSPS) is 11.0. The Hall–Kier alpha value is -3.97. The van der Waals surface area contributed by atoms with Crippen molar-refractivity contribution in [2.24, 2.45) is 0 Å². The summed E-state index contributed by atoms with van der Waals surface area (Å²) in [5, 5.41) is 7.75.